The molecule has 0 aromatic heterocycles. The number of halogens is 2. The van der Waals surface area contributed by atoms with E-state index in [0.29, 0.717) is 31.1 Å². The number of fused-ring (bicyclic) bond motifs is 1. The lowest BCUT2D eigenvalue weighted by Crippen LogP contribution is -2.33. The van der Waals surface area contributed by atoms with E-state index in [-0.39, 0.29) is 47.6 Å². The largest absolute Gasteiger partial charge is 0.469 e. The molecule has 2 fully saturated rings. The molecule has 2 N–H and O–H groups in total. The smallest absolute Gasteiger partial charge is 0.309 e. The highest BCUT2D eigenvalue weighted by molar-refractivity contribution is 5.95. The lowest BCUT2D eigenvalue weighted by molar-refractivity contribution is -0.143. The Hall–Kier alpha value is -2.64. The fourth-order valence-corrected chi connectivity index (χ4v) is 4.11. The number of hydrogen-bond acceptors (Lipinski definition) is 5. The molecule has 2 aromatic rings. The van der Waals surface area contributed by atoms with E-state index in [1.165, 1.54) is 25.3 Å². The van der Waals surface area contributed by atoms with Crippen molar-refractivity contribution < 1.29 is 23.5 Å². The predicted octanol–water partition coefficient (Wildman–Crippen LogP) is 3.03. The van der Waals surface area contributed by atoms with Crippen molar-refractivity contribution in [3.05, 3.63) is 59.4 Å². The van der Waals surface area contributed by atoms with Crippen molar-refractivity contribution in [1.82, 2.24) is 4.90 Å². The molecule has 6 nitrogen and oxygen atoms in total. The highest BCUT2D eigenvalue weighted by Crippen LogP contribution is 2.52. The molecule has 1 saturated heterocycles. The molecular formula is C22H24ClFN2O4. The first-order valence-corrected chi connectivity index (χ1v) is 9.65. The molecule has 0 bridgehead atoms. The van der Waals surface area contributed by atoms with Crippen molar-refractivity contribution in [1.29, 1.82) is 0 Å². The predicted molar refractivity (Wildman–Crippen MR) is 111 cm³/mol. The number of nitrogens with two attached hydrogens (primary N) is 1. The zero-order valence-corrected chi connectivity index (χ0v) is 17.4. The van der Waals surface area contributed by atoms with Crippen LogP contribution >= 0.6 is 12.4 Å². The fraction of sp³-hybridized carbons (Fsp3) is 0.364. The molecule has 1 heterocycles. The monoisotopic (exact) mass is 434 g/mol. The number of ether oxygens (including phenoxy) is 2. The lowest BCUT2D eigenvalue weighted by atomic mass is 10.1. The summed E-state index contributed by atoms with van der Waals surface area (Å²) in [6.07, 6.45) is 0.782. The van der Waals surface area contributed by atoms with Crippen molar-refractivity contribution in [3.63, 3.8) is 0 Å². The van der Waals surface area contributed by atoms with Gasteiger partial charge in [0.2, 0.25) is 0 Å². The number of esters is 1. The molecule has 0 radical (unpaired) electrons. The molecule has 1 amide bonds. The van der Waals surface area contributed by atoms with E-state index in [1.807, 2.05) is 24.3 Å². The van der Waals surface area contributed by atoms with Gasteiger partial charge in [-0.2, -0.15) is 0 Å². The third kappa shape index (κ3) is 4.27. The molecule has 0 spiro atoms. The number of nitrogens with zero attached hydrogens (tertiary/aromatic N) is 1. The van der Waals surface area contributed by atoms with Crippen LogP contribution in [0.4, 0.5) is 4.39 Å². The SMILES string of the molecule is COC(=O)C1[C@H]2CN(C(=O)c3cc(Oc4ccc(CCN)cc4)ccc3F)C[C@@H]12.Cl. The van der Waals surface area contributed by atoms with Gasteiger partial charge in [-0.25, -0.2) is 4.39 Å². The van der Waals surface area contributed by atoms with Crippen LogP contribution in [-0.4, -0.2) is 43.5 Å². The van der Waals surface area contributed by atoms with Gasteiger partial charge < -0.3 is 20.1 Å². The maximum absolute atomic E-state index is 14.3. The molecule has 1 unspecified atom stereocenters. The van der Waals surface area contributed by atoms with Gasteiger partial charge in [0, 0.05) is 13.1 Å². The number of rotatable bonds is 6. The minimum absolute atomic E-state index is 0. The Kier molecular flexibility index (Phi) is 6.63. The summed E-state index contributed by atoms with van der Waals surface area (Å²) in [6.45, 7) is 1.45. The van der Waals surface area contributed by atoms with Crippen LogP contribution in [0.25, 0.3) is 0 Å². The van der Waals surface area contributed by atoms with Gasteiger partial charge in [-0.1, -0.05) is 12.1 Å². The maximum atomic E-state index is 14.3. The average Bonchev–Trinajstić information content (AvgIpc) is 3.23. The van der Waals surface area contributed by atoms with E-state index in [1.54, 1.807) is 4.90 Å². The van der Waals surface area contributed by atoms with Crippen LogP contribution in [0.3, 0.4) is 0 Å². The summed E-state index contributed by atoms with van der Waals surface area (Å²) in [7, 11) is 1.37. The number of piperidine rings is 1. The minimum Gasteiger partial charge on any atom is -0.469 e. The molecule has 2 aliphatic rings. The van der Waals surface area contributed by atoms with Crippen molar-refractivity contribution in [2.24, 2.45) is 23.5 Å². The Morgan fingerprint density at radius 2 is 1.73 bits per heavy atom. The summed E-state index contributed by atoms with van der Waals surface area (Å²) in [5, 5.41) is 0. The number of benzene rings is 2. The highest BCUT2D eigenvalue weighted by Gasteiger charge is 2.61. The second-order valence-corrected chi connectivity index (χ2v) is 7.51. The van der Waals surface area contributed by atoms with Crippen molar-refractivity contribution in [2.75, 3.05) is 26.7 Å². The number of hydrogen-bond donors (Lipinski definition) is 1. The summed E-state index contributed by atoms with van der Waals surface area (Å²) < 4.78 is 24.9. The summed E-state index contributed by atoms with van der Waals surface area (Å²) in [4.78, 5) is 26.1. The molecule has 8 heteroatoms. The molecule has 2 aromatic carbocycles. The van der Waals surface area contributed by atoms with Crippen molar-refractivity contribution in [2.45, 2.75) is 6.42 Å². The van der Waals surface area contributed by atoms with Crippen LogP contribution in [0.15, 0.2) is 42.5 Å². The Labute approximate surface area is 180 Å². The maximum Gasteiger partial charge on any atom is 0.309 e. The Bertz CT molecular complexity index is 925. The number of likely N-dealkylation sites (tertiary alicyclic amines) is 1. The van der Waals surface area contributed by atoms with Crippen LogP contribution in [0.2, 0.25) is 0 Å². The van der Waals surface area contributed by atoms with Crippen LogP contribution in [0.5, 0.6) is 11.5 Å². The summed E-state index contributed by atoms with van der Waals surface area (Å²) in [5.41, 5.74) is 6.62. The standard InChI is InChI=1S/C22H23FN2O4.ClH/c1-28-22(27)20-17-11-25(12-18(17)20)21(26)16-10-15(6-7-19(16)23)29-14-4-2-13(3-5-14)8-9-24;/h2-7,10,17-18,20H,8-9,11-12,24H2,1H3;1H/t17-,18+,20?;. The number of carbonyl (C=O) groups is 2. The zero-order valence-electron chi connectivity index (χ0n) is 16.5. The second-order valence-electron chi connectivity index (χ2n) is 7.51. The first-order valence-electron chi connectivity index (χ1n) is 9.65. The van der Waals surface area contributed by atoms with Gasteiger partial charge in [0.25, 0.3) is 5.91 Å². The van der Waals surface area contributed by atoms with Crippen molar-refractivity contribution in [3.8, 4) is 11.5 Å². The first-order chi connectivity index (χ1) is 14.0. The molecule has 1 aliphatic heterocycles. The molecule has 3 atom stereocenters. The Morgan fingerprint density at radius 1 is 1.10 bits per heavy atom. The molecular weight excluding hydrogens is 411 g/mol. The van der Waals surface area contributed by atoms with Crippen LogP contribution < -0.4 is 10.5 Å². The van der Waals surface area contributed by atoms with Crippen LogP contribution in [0.1, 0.15) is 15.9 Å². The summed E-state index contributed by atoms with van der Waals surface area (Å²) in [6, 6.07) is 11.6. The third-order valence-corrected chi connectivity index (χ3v) is 5.71. The molecule has 30 heavy (non-hydrogen) atoms. The molecule has 160 valence electrons. The average molecular weight is 435 g/mol. The van der Waals surface area contributed by atoms with Gasteiger partial charge in [-0.3, -0.25) is 9.59 Å². The Balaban J connectivity index is 0.00000256. The molecule has 1 aliphatic carbocycles. The lowest BCUT2D eigenvalue weighted by Gasteiger charge is -2.20. The number of amides is 1. The minimum atomic E-state index is -0.592. The summed E-state index contributed by atoms with van der Waals surface area (Å²) >= 11 is 0. The molecule has 4 rings (SSSR count). The molecule has 1 saturated carbocycles. The third-order valence-electron chi connectivity index (χ3n) is 5.71. The fourth-order valence-electron chi connectivity index (χ4n) is 4.11. The van der Waals surface area contributed by atoms with Crippen LogP contribution in [0, 0.1) is 23.6 Å². The van der Waals surface area contributed by atoms with E-state index < -0.39 is 5.82 Å². The van der Waals surface area contributed by atoms with E-state index in [9.17, 15) is 14.0 Å². The summed E-state index contributed by atoms with van der Waals surface area (Å²) in [5.74, 6) is -0.135. The number of methoxy groups -OCH3 is 1. The first kappa shape index (κ1) is 22.1. The number of carbonyl (C=O) groups excluding carboxylic acids is 2. The van der Waals surface area contributed by atoms with Crippen LogP contribution in [-0.2, 0) is 16.0 Å². The van der Waals surface area contributed by atoms with Gasteiger partial charge >= 0.3 is 5.97 Å². The van der Waals surface area contributed by atoms with Gasteiger partial charge in [0.15, 0.2) is 0 Å². The Morgan fingerprint density at radius 3 is 2.33 bits per heavy atom. The van der Waals surface area contributed by atoms with E-state index in [4.69, 9.17) is 15.2 Å². The van der Waals surface area contributed by atoms with Gasteiger partial charge in [-0.15, -0.1) is 12.4 Å². The van der Waals surface area contributed by atoms with E-state index >= 15 is 0 Å². The van der Waals surface area contributed by atoms with Crippen molar-refractivity contribution >= 4 is 24.3 Å². The normalized spacial score (nSPS) is 21.4. The van der Waals surface area contributed by atoms with E-state index in [0.717, 1.165) is 12.0 Å². The topological polar surface area (TPSA) is 81.9 Å². The van der Waals surface area contributed by atoms with Gasteiger partial charge in [0.05, 0.1) is 18.6 Å². The highest BCUT2D eigenvalue weighted by atomic mass is 35.5. The quantitative estimate of drug-likeness (QED) is 0.707. The van der Waals surface area contributed by atoms with Gasteiger partial charge in [-0.05, 0) is 60.7 Å². The second kappa shape index (κ2) is 9.02. The van der Waals surface area contributed by atoms with Gasteiger partial charge in [0.1, 0.15) is 17.3 Å². The zero-order chi connectivity index (χ0) is 20.5. The van der Waals surface area contributed by atoms with E-state index in [2.05, 4.69) is 0 Å².